The number of nitrogens with one attached hydrogen (secondary N) is 1. The Morgan fingerprint density at radius 3 is 2.29 bits per heavy atom. The van der Waals surface area contributed by atoms with Gasteiger partial charge in [0.1, 0.15) is 5.75 Å². The average Bonchev–Trinajstić information content (AvgIpc) is 2.49. The fraction of sp³-hybridized carbons (Fsp3) is 0. The van der Waals surface area contributed by atoms with E-state index in [-0.39, 0.29) is 11.3 Å². The highest BCUT2D eigenvalue weighted by molar-refractivity contribution is 6.01. The number of hydrogen-bond acceptors (Lipinski definition) is 3. The van der Waals surface area contributed by atoms with Crippen molar-refractivity contribution in [3.8, 4) is 5.75 Å². The lowest BCUT2D eigenvalue weighted by Gasteiger charge is -2.12. The number of carboxylic acid groups (broad SMARTS) is 1. The number of rotatable bonds is 3. The molecular weight excluding hydrogens is 266 g/mol. The Hall–Kier alpha value is -3.01. The fourth-order valence-corrected chi connectivity index (χ4v) is 2.33. The van der Waals surface area contributed by atoms with Crippen molar-refractivity contribution >= 4 is 28.1 Å². The molecule has 3 aromatic rings. The molecule has 3 rings (SSSR count). The van der Waals surface area contributed by atoms with Gasteiger partial charge in [-0.05, 0) is 24.3 Å². The second-order valence-electron chi connectivity index (χ2n) is 4.65. The van der Waals surface area contributed by atoms with Gasteiger partial charge in [0.2, 0.25) is 0 Å². The molecule has 3 N–H and O–H groups in total. The minimum Gasteiger partial charge on any atom is -0.507 e. The molecule has 0 radical (unpaired) electrons. The Kier molecular flexibility index (Phi) is 3.20. The summed E-state index contributed by atoms with van der Waals surface area (Å²) in [5.74, 6) is -0.788. The van der Waals surface area contributed by atoms with Gasteiger partial charge in [-0.2, -0.15) is 0 Å². The lowest BCUT2D eigenvalue weighted by Crippen LogP contribution is -2.02. The van der Waals surface area contributed by atoms with E-state index >= 15 is 0 Å². The molecule has 0 aliphatic carbocycles. The standard InChI is InChI=1S/C17H13NO3/c19-16-10-4-6-11-12(16)7-3-9-14(11)18-15-8-2-1-5-13(15)17(20)21/h1-10,18-19H,(H,20,21). The SMILES string of the molecule is O=C(O)c1ccccc1Nc1cccc2c(O)cccc12. The van der Waals surface area contributed by atoms with Crippen LogP contribution in [0.1, 0.15) is 10.4 Å². The van der Waals surface area contributed by atoms with E-state index < -0.39 is 5.97 Å². The van der Waals surface area contributed by atoms with Crippen LogP contribution in [0.3, 0.4) is 0 Å². The predicted molar refractivity (Wildman–Crippen MR) is 82.3 cm³/mol. The van der Waals surface area contributed by atoms with E-state index in [2.05, 4.69) is 5.32 Å². The number of carboxylic acids is 1. The van der Waals surface area contributed by atoms with Crippen LogP contribution in [0.15, 0.2) is 60.7 Å². The van der Waals surface area contributed by atoms with Crippen molar-refractivity contribution in [3.63, 3.8) is 0 Å². The number of carbonyl (C=O) groups is 1. The van der Waals surface area contributed by atoms with Crippen LogP contribution in [0.2, 0.25) is 0 Å². The van der Waals surface area contributed by atoms with Crippen molar-refractivity contribution < 1.29 is 15.0 Å². The summed E-state index contributed by atoms with van der Waals surface area (Å²) < 4.78 is 0. The summed E-state index contributed by atoms with van der Waals surface area (Å²) in [6, 6.07) is 17.5. The van der Waals surface area contributed by atoms with Crippen LogP contribution >= 0.6 is 0 Å². The molecule has 0 heterocycles. The molecule has 0 bridgehead atoms. The highest BCUT2D eigenvalue weighted by atomic mass is 16.4. The fourth-order valence-electron chi connectivity index (χ4n) is 2.33. The van der Waals surface area contributed by atoms with Crippen molar-refractivity contribution in [2.45, 2.75) is 0 Å². The first-order chi connectivity index (χ1) is 10.2. The molecule has 3 aromatic carbocycles. The number of phenolic OH excluding ortho intramolecular Hbond substituents is 1. The largest absolute Gasteiger partial charge is 0.507 e. The highest BCUT2D eigenvalue weighted by Crippen LogP contribution is 2.32. The van der Waals surface area contributed by atoms with Crippen molar-refractivity contribution in [2.24, 2.45) is 0 Å². The summed E-state index contributed by atoms with van der Waals surface area (Å²) in [6.45, 7) is 0. The monoisotopic (exact) mass is 279 g/mol. The summed E-state index contributed by atoms with van der Waals surface area (Å²) in [4.78, 5) is 11.2. The van der Waals surface area contributed by atoms with Gasteiger partial charge in [-0.25, -0.2) is 4.79 Å². The molecule has 0 unspecified atom stereocenters. The molecule has 0 aromatic heterocycles. The third kappa shape index (κ3) is 2.39. The van der Waals surface area contributed by atoms with E-state index in [1.54, 1.807) is 36.4 Å². The van der Waals surface area contributed by atoms with Gasteiger partial charge in [-0.15, -0.1) is 0 Å². The minimum atomic E-state index is -0.985. The Morgan fingerprint density at radius 2 is 1.48 bits per heavy atom. The van der Waals surface area contributed by atoms with Crippen LogP contribution in [0.5, 0.6) is 5.75 Å². The smallest absolute Gasteiger partial charge is 0.337 e. The predicted octanol–water partition coefficient (Wildman–Crippen LogP) is 3.99. The zero-order chi connectivity index (χ0) is 14.8. The van der Waals surface area contributed by atoms with Crippen molar-refractivity contribution in [3.05, 3.63) is 66.2 Å². The number of hydrogen-bond donors (Lipinski definition) is 3. The van der Waals surface area contributed by atoms with Gasteiger partial charge < -0.3 is 15.5 Å². The third-order valence-electron chi connectivity index (χ3n) is 3.33. The highest BCUT2D eigenvalue weighted by Gasteiger charge is 2.10. The molecule has 4 heteroatoms. The first-order valence-electron chi connectivity index (χ1n) is 6.47. The van der Waals surface area contributed by atoms with Crippen LogP contribution < -0.4 is 5.32 Å². The first kappa shape index (κ1) is 13.0. The summed E-state index contributed by atoms with van der Waals surface area (Å²) >= 11 is 0. The number of para-hydroxylation sites is 1. The van der Waals surface area contributed by atoms with E-state index in [1.165, 1.54) is 0 Å². The summed E-state index contributed by atoms with van der Waals surface area (Å²) in [5.41, 5.74) is 1.47. The summed E-state index contributed by atoms with van der Waals surface area (Å²) in [7, 11) is 0. The number of benzene rings is 3. The van der Waals surface area contributed by atoms with Crippen LogP contribution in [0.4, 0.5) is 11.4 Å². The Labute approximate surface area is 121 Å². The van der Waals surface area contributed by atoms with Crippen LogP contribution in [0.25, 0.3) is 10.8 Å². The number of phenols is 1. The lowest BCUT2D eigenvalue weighted by molar-refractivity contribution is 0.0698. The number of aromatic carboxylic acids is 1. The molecule has 0 saturated carbocycles. The van der Waals surface area contributed by atoms with Gasteiger partial charge in [-0.1, -0.05) is 36.4 Å². The molecule has 0 saturated heterocycles. The quantitative estimate of drug-likeness (QED) is 0.678. The van der Waals surface area contributed by atoms with E-state index in [4.69, 9.17) is 0 Å². The van der Waals surface area contributed by atoms with Crippen molar-refractivity contribution in [1.29, 1.82) is 0 Å². The topological polar surface area (TPSA) is 69.6 Å². The van der Waals surface area contributed by atoms with Crippen molar-refractivity contribution in [2.75, 3.05) is 5.32 Å². The van der Waals surface area contributed by atoms with Crippen molar-refractivity contribution in [1.82, 2.24) is 0 Å². The van der Waals surface area contributed by atoms with E-state index in [0.29, 0.717) is 5.69 Å². The number of anilines is 2. The zero-order valence-electron chi connectivity index (χ0n) is 11.1. The van der Waals surface area contributed by atoms with Gasteiger partial charge >= 0.3 is 5.97 Å². The van der Waals surface area contributed by atoms with Gasteiger partial charge in [0.25, 0.3) is 0 Å². The number of aromatic hydroxyl groups is 1. The summed E-state index contributed by atoms with van der Waals surface area (Å²) in [5, 5.41) is 23.8. The molecule has 0 aliphatic rings. The van der Waals surface area contributed by atoms with Crippen LogP contribution in [-0.2, 0) is 0 Å². The Balaban J connectivity index is 2.11. The number of fused-ring (bicyclic) bond motifs is 1. The maximum Gasteiger partial charge on any atom is 0.337 e. The second kappa shape index (κ2) is 5.17. The van der Waals surface area contributed by atoms with E-state index in [0.717, 1.165) is 16.5 Å². The molecular formula is C17H13NO3. The van der Waals surface area contributed by atoms with Crippen LogP contribution in [0, 0.1) is 0 Å². The molecule has 21 heavy (non-hydrogen) atoms. The molecule has 0 amide bonds. The second-order valence-corrected chi connectivity index (χ2v) is 4.65. The van der Waals surface area contributed by atoms with Crippen LogP contribution in [-0.4, -0.2) is 16.2 Å². The maximum atomic E-state index is 11.2. The normalized spacial score (nSPS) is 10.5. The third-order valence-corrected chi connectivity index (χ3v) is 3.33. The first-order valence-corrected chi connectivity index (χ1v) is 6.47. The lowest BCUT2D eigenvalue weighted by atomic mass is 10.1. The van der Waals surface area contributed by atoms with Gasteiger partial charge in [-0.3, -0.25) is 0 Å². The molecule has 104 valence electrons. The van der Waals surface area contributed by atoms with E-state index in [1.807, 2.05) is 24.3 Å². The van der Waals surface area contributed by atoms with E-state index in [9.17, 15) is 15.0 Å². The molecule has 4 nitrogen and oxygen atoms in total. The van der Waals surface area contributed by atoms with Gasteiger partial charge in [0.15, 0.2) is 0 Å². The Bertz CT molecular complexity index is 827. The molecule has 0 aliphatic heterocycles. The average molecular weight is 279 g/mol. The molecule has 0 spiro atoms. The van der Waals surface area contributed by atoms with Gasteiger partial charge in [0.05, 0.1) is 11.3 Å². The molecule has 0 fully saturated rings. The maximum absolute atomic E-state index is 11.2. The Morgan fingerprint density at radius 1 is 0.810 bits per heavy atom. The van der Waals surface area contributed by atoms with Gasteiger partial charge in [0, 0.05) is 16.5 Å². The minimum absolute atomic E-state index is 0.197. The summed E-state index contributed by atoms with van der Waals surface area (Å²) in [6.07, 6.45) is 0. The zero-order valence-corrected chi connectivity index (χ0v) is 11.1. The molecule has 0 atom stereocenters.